The summed E-state index contributed by atoms with van der Waals surface area (Å²) >= 11 is 0. The molecular weight excluding hydrogens is 324 g/mol. The maximum atomic E-state index is 12.5. The number of methoxy groups -OCH3 is 1. The minimum absolute atomic E-state index is 0.198. The Bertz CT molecular complexity index is 739. The van der Waals surface area contributed by atoms with Gasteiger partial charge in [-0.1, -0.05) is 13.8 Å². The van der Waals surface area contributed by atoms with Crippen LogP contribution in [0, 0.1) is 17.3 Å². The van der Waals surface area contributed by atoms with Gasteiger partial charge in [-0.3, -0.25) is 14.4 Å². The summed E-state index contributed by atoms with van der Waals surface area (Å²) in [5.41, 5.74) is 0.194. The van der Waals surface area contributed by atoms with Crippen molar-refractivity contribution in [2.75, 3.05) is 12.4 Å². The lowest BCUT2D eigenvalue weighted by Crippen LogP contribution is -2.25. The van der Waals surface area contributed by atoms with Gasteiger partial charge in [0, 0.05) is 11.6 Å². The first-order valence-electron chi connectivity index (χ1n) is 8.28. The van der Waals surface area contributed by atoms with E-state index in [0.717, 1.165) is 12.8 Å². The zero-order valence-electron chi connectivity index (χ0n) is 14.5. The van der Waals surface area contributed by atoms with Crippen LogP contribution in [0.2, 0.25) is 0 Å². The number of amides is 2. The molecule has 0 bridgehead atoms. The number of carboxylic acid groups (broad SMARTS) is 1. The molecule has 0 heterocycles. The lowest BCUT2D eigenvalue weighted by molar-refractivity contribution is -0.140. The van der Waals surface area contributed by atoms with Gasteiger partial charge in [0.2, 0.25) is 5.91 Å². The smallest absolute Gasteiger partial charge is 0.307 e. The van der Waals surface area contributed by atoms with Crippen LogP contribution in [-0.4, -0.2) is 36.0 Å². The molecule has 2 aliphatic carbocycles. The van der Waals surface area contributed by atoms with Crippen molar-refractivity contribution in [2.45, 2.75) is 32.7 Å². The van der Waals surface area contributed by atoms with E-state index >= 15 is 0 Å². The zero-order chi connectivity index (χ0) is 18.4. The van der Waals surface area contributed by atoms with Gasteiger partial charge in [0.25, 0.3) is 5.91 Å². The average Bonchev–Trinajstić information content (AvgIpc) is 3.43. The van der Waals surface area contributed by atoms with Gasteiger partial charge in [0.1, 0.15) is 5.75 Å². The van der Waals surface area contributed by atoms with Crippen LogP contribution in [0.4, 0.5) is 5.69 Å². The number of carboxylic acids is 1. The van der Waals surface area contributed by atoms with Gasteiger partial charge in [-0.2, -0.15) is 0 Å². The largest absolute Gasteiger partial charge is 0.495 e. The van der Waals surface area contributed by atoms with E-state index in [1.54, 1.807) is 32.0 Å². The predicted octanol–water partition coefficient (Wildman–Crippen LogP) is 1.88. The van der Waals surface area contributed by atoms with Crippen LogP contribution in [-0.2, 0) is 9.59 Å². The molecule has 3 N–H and O–H groups in total. The summed E-state index contributed by atoms with van der Waals surface area (Å²) < 4.78 is 5.24. The highest BCUT2D eigenvalue weighted by molar-refractivity contribution is 6.02. The molecule has 7 nitrogen and oxygen atoms in total. The van der Waals surface area contributed by atoms with Crippen molar-refractivity contribution in [3.63, 3.8) is 0 Å². The van der Waals surface area contributed by atoms with Crippen LogP contribution in [0.1, 0.15) is 37.0 Å². The van der Waals surface area contributed by atoms with Crippen molar-refractivity contribution in [1.82, 2.24) is 5.32 Å². The summed E-state index contributed by atoms with van der Waals surface area (Å²) in [5, 5.41) is 14.8. The maximum absolute atomic E-state index is 12.5. The van der Waals surface area contributed by atoms with Gasteiger partial charge in [0.15, 0.2) is 0 Å². The Morgan fingerprint density at radius 3 is 2.40 bits per heavy atom. The van der Waals surface area contributed by atoms with Crippen molar-refractivity contribution in [3.8, 4) is 5.75 Å². The van der Waals surface area contributed by atoms with Crippen molar-refractivity contribution in [3.05, 3.63) is 23.8 Å². The third-order valence-electron chi connectivity index (χ3n) is 5.01. The van der Waals surface area contributed by atoms with Crippen LogP contribution < -0.4 is 15.4 Å². The summed E-state index contributed by atoms with van der Waals surface area (Å²) in [7, 11) is 1.47. The molecular formula is C18H22N2O5. The Morgan fingerprint density at radius 1 is 1.20 bits per heavy atom. The highest BCUT2D eigenvalue weighted by Crippen LogP contribution is 2.58. The van der Waals surface area contributed by atoms with E-state index in [1.807, 2.05) is 0 Å². The second-order valence-electron chi connectivity index (χ2n) is 7.27. The minimum Gasteiger partial charge on any atom is -0.495 e. The number of anilines is 1. The van der Waals surface area contributed by atoms with Crippen LogP contribution in [0.15, 0.2) is 18.2 Å². The number of aliphatic carboxylic acids is 1. The Morgan fingerprint density at radius 2 is 1.88 bits per heavy atom. The normalized spacial score (nSPS) is 23.5. The van der Waals surface area contributed by atoms with E-state index in [-0.39, 0.29) is 17.9 Å². The molecule has 1 aromatic rings. The van der Waals surface area contributed by atoms with E-state index in [0.29, 0.717) is 17.0 Å². The molecule has 0 spiro atoms. The molecule has 25 heavy (non-hydrogen) atoms. The molecule has 0 radical (unpaired) electrons. The summed E-state index contributed by atoms with van der Waals surface area (Å²) in [6.07, 6.45) is 1.97. The monoisotopic (exact) mass is 346 g/mol. The molecule has 0 aliphatic heterocycles. The predicted molar refractivity (Wildman–Crippen MR) is 90.5 cm³/mol. The molecule has 0 saturated heterocycles. The van der Waals surface area contributed by atoms with E-state index in [4.69, 9.17) is 4.74 Å². The summed E-state index contributed by atoms with van der Waals surface area (Å²) in [6, 6.07) is 5.04. The summed E-state index contributed by atoms with van der Waals surface area (Å²) in [4.78, 5) is 36.0. The number of hydrogen-bond acceptors (Lipinski definition) is 4. The van der Waals surface area contributed by atoms with Gasteiger partial charge in [-0.25, -0.2) is 0 Å². The molecule has 2 amide bonds. The molecule has 2 aliphatic rings. The molecule has 3 rings (SSSR count). The zero-order valence-corrected chi connectivity index (χ0v) is 14.5. The SMILES string of the molecule is COc1ccc(C(=O)NC2CC2)cc1NC(=O)C1C(C(=O)O)C1(C)C. The second kappa shape index (κ2) is 6.06. The van der Waals surface area contributed by atoms with Gasteiger partial charge >= 0.3 is 5.97 Å². The lowest BCUT2D eigenvalue weighted by atomic mass is 10.1. The van der Waals surface area contributed by atoms with E-state index < -0.39 is 23.2 Å². The number of carbonyl (C=O) groups excluding carboxylic acids is 2. The molecule has 2 saturated carbocycles. The quantitative estimate of drug-likeness (QED) is 0.729. The number of carbonyl (C=O) groups is 3. The molecule has 0 aromatic heterocycles. The van der Waals surface area contributed by atoms with Gasteiger partial charge < -0.3 is 20.5 Å². The molecule has 2 unspecified atom stereocenters. The maximum Gasteiger partial charge on any atom is 0.307 e. The molecule has 2 fully saturated rings. The second-order valence-corrected chi connectivity index (χ2v) is 7.27. The molecule has 7 heteroatoms. The van der Waals surface area contributed by atoms with E-state index in [2.05, 4.69) is 10.6 Å². The molecule has 2 atom stereocenters. The van der Waals surface area contributed by atoms with Gasteiger partial charge in [-0.15, -0.1) is 0 Å². The van der Waals surface area contributed by atoms with Crippen LogP contribution in [0.25, 0.3) is 0 Å². The highest BCUT2D eigenvalue weighted by atomic mass is 16.5. The summed E-state index contributed by atoms with van der Waals surface area (Å²) in [5.74, 6) is -2.46. The van der Waals surface area contributed by atoms with Crippen LogP contribution in [0.5, 0.6) is 5.75 Å². The van der Waals surface area contributed by atoms with Crippen LogP contribution >= 0.6 is 0 Å². The number of ether oxygens (including phenoxy) is 1. The first-order valence-corrected chi connectivity index (χ1v) is 8.28. The standard InChI is InChI=1S/C18H22N2O5/c1-18(2)13(14(18)17(23)24)16(22)20-11-8-9(4-7-12(11)25-3)15(21)19-10-5-6-10/h4,7-8,10,13-14H,5-6H2,1-3H3,(H,19,21)(H,20,22)(H,23,24). The van der Waals surface area contributed by atoms with Gasteiger partial charge in [0.05, 0.1) is 24.6 Å². The van der Waals surface area contributed by atoms with Crippen molar-refractivity contribution in [1.29, 1.82) is 0 Å². The number of rotatable bonds is 6. The van der Waals surface area contributed by atoms with Gasteiger partial charge in [-0.05, 0) is 36.5 Å². The number of benzene rings is 1. The van der Waals surface area contributed by atoms with Crippen molar-refractivity contribution in [2.24, 2.45) is 17.3 Å². The fraction of sp³-hybridized carbons (Fsp3) is 0.500. The Hall–Kier alpha value is -2.57. The molecule has 134 valence electrons. The molecule has 1 aromatic carbocycles. The summed E-state index contributed by atoms with van der Waals surface area (Å²) in [6.45, 7) is 3.51. The lowest BCUT2D eigenvalue weighted by Gasteiger charge is -2.13. The third-order valence-corrected chi connectivity index (χ3v) is 5.01. The van der Waals surface area contributed by atoms with Crippen molar-refractivity contribution >= 4 is 23.5 Å². The van der Waals surface area contributed by atoms with Crippen molar-refractivity contribution < 1.29 is 24.2 Å². The topological polar surface area (TPSA) is 105 Å². The minimum atomic E-state index is -0.977. The van der Waals surface area contributed by atoms with E-state index in [9.17, 15) is 19.5 Å². The fourth-order valence-electron chi connectivity index (χ4n) is 3.24. The Kier molecular flexibility index (Phi) is 4.18. The number of nitrogens with one attached hydrogen (secondary N) is 2. The number of hydrogen-bond donors (Lipinski definition) is 3. The Balaban J connectivity index is 1.77. The third kappa shape index (κ3) is 3.31. The highest BCUT2D eigenvalue weighted by Gasteiger charge is 2.65. The average molecular weight is 346 g/mol. The van der Waals surface area contributed by atoms with Crippen LogP contribution in [0.3, 0.4) is 0 Å². The Labute approximate surface area is 145 Å². The first kappa shape index (κ1) is 17.3. The first-order chi connectivity index (χ1) is 11.8. The van der Waals surface area contributed by atoms with E-state index in [1.165, 1.54) is 7.11 Å². The fourth-order valence-corrected chi connectivity index (χ4v) is 3.24.